The van der Waals surface area contributed by atoms with Crippen LogP contribution in [0, 0.1) is 6.92 Å². The molecule has 2 aromatic carbocycles. The van der Waals surface area contributed by atoms with E-state index in [-0.39, 0.29) is 17.4 Å². The summed E-state index contributed by atoms with van der Waals surface area (Å²) >= 11 is 5.99. The van der Waals surface area contributed by atoms with E-state index in [9.17, 15) is 14.4 Å². The molecule has 8 heteroatoms. The molecular weight excluding hydrogens is 454 g/mol. The van der Waals surface area contributed by atoms with Crippen molar-refractivity contribution in [3.8, 4) is 11.3 Å². The molecule has 1 aliphatic rings. The van der Waals surface area contributed by atoms with Gasteiger partial charge in [-0.3, -0.25) is 14.5 Å². The number of aromatic amines is 1. The molecule has 1 atom stereocenters. The standard InChI is InChI=1S/C26H26ClN3O4/c1-17-4-3-5-19(16-17)22-11-10-21(24(31)28-22)25(32)30-14-12-29(13-15-30)23(26(33)34-2)18-6-8-20(27)9-7-18/h3-11,16,23H,12-15H2,1-2H3,(H,28,31). The fourth-order valence-corrected chi connectivity index (χ4v) is 4.36. The third-order valence-electron chi connectivity index (χ3n) is 6.05. The Kier molecular flexibility index (Phi) is 7.14. The summed E-state index contributed by atoms with van der Waals surface area (Å²) in [5.41, 5.74) is 3.10. The van der Waals surface area contributed by atoms with E-state index >= 15 is 0 Å². The Labute approximate surface area is 202 Å². The van der Waals surface area contributed by atoms with Gasteiger partial charge in [0, 0.05) is 36.9 Å². The van der Waals surface area contributed by atoms with Gasteiger partial charge in [0.25, 0.3) is 11.5 Å². The van der Waals surface area contributed by atoms with Crippen LogP contribution in [0.1, 0.15) is 27.5 Å². The zero-order valence-electron chi connectivity index (χ0n) is 19.1. The number of pyridine rings is 1. The van der Waals surface area contributed by atoms with Crippen LogP contribution in [0.5, 0.6) is 0 Å². The lowest BCUT2D eigenvalue weighted by molar-refractivity contribution is -0.148. The number of amides is 1. The normalized spacial score (nSPS) is 15.1. The summed E-state index contributed by atoms with van der Waals surface area (Å²) in [5.74, 6) is -0.692. The van der Waals surface area contributed by atoms with Crippen LogP contribution in [0.2, 0.25) is 5.02 Å². The maximum atomic E-state index is 13.1. The van der Waals surface area contributed by atoms with Gasteiger partial charge < -0.3 is 14.6 Å². The fourth-order valence-electron chi connectivity index (χ4n) is 4.23. The number of ether oxygens (including phenoxy) is 1. The zero-order chi connectivity index (χ0) is 24.2. The van der Waals surface area contributed by atoms with E-state index in [1.165, 1.54) is 7.11 Å². The summed E-state index contributed by atoms with van der Waals surface area (Å²) in [6.45, 7) is 3.69. The summed E-state index contributed by atoms with van der Waals surface area (Å²) in [6.07, 6.45) is 0. The fraction of sp³-hybridized carbons (Fsp3) is 0.269. The lowest BCUT2D eigenvalue weighted by atomic mass is 10.0. The van der Waals surface area contributed by atoms with Crippen LogP contribution in [0.15, 0.2) is 65.5 Å². The largest absolute Gasteiger partial charge is 0.468 e. The lowest BCUT2D eigenvalue weighted by Gasteiger charge is -2.38. The number of benzene rings is 2. The van der Waals surface area contributed by atoms with E-state index in [0.717, 1.165) is 16.7 Å². The maximum Gasteiger partial charge on any atom is 0.327 e. The first-order chi connectivity index (χ1) is 16.4. The average Bonchev–Trinajstić information content (AvgIpc) is 2.85. The molecule has 1 saturated heterocycles. The number of aryl methyl sites for hydroxylation is 1. The Hall–Kier alpha value is -3.42. The van der Waals surface area contributed by atoms with Gasteiger partial charge in [0.05, 0.1) is 7.11 Å². The SMILES string of the molecule is COC(=O)C(c1ccc(Cl)cc1)N1CCN(C(=O)c2ccc(-c3cccc(C)c3)[nH]c2=O)CC1. The first-order valence-corrected chi connectivity index (χ1v) is 11.4. The highest BCUT2D eigenvalue weighted by Gasteiger charge is 2.33. The van der Waals surface area contributed by atoms with Crippen LogP contribution in [-0.4, -0.2) is 59.9 Å². The Morgan fingerprint density at radius 1 is 1.00 bits per heavy atom. The molecule has 1 aliphatic heterocycles. The van der Waals surface area contributed by atoms with Crippen molar-refractivity contribution in [2.45, 2.75) is 13.0 Å². The number of hydrogen-bond donors (Lipinski definition) is 1. The molecule has 1 N–H and O–H groups in total. The number of esters is 1. The molecule has 4 rings (SSSR count). The van der Waals surface area contributed by atoms with Crippen molar-refractivity contribution in [2.75, 3.05) is 33.3 Å². The molecule has 2 heterocycles. The highest BCUT2D eigenvalue weighted by Crippen LogP contribution is 2.25. The number of aromatic nitrogens is 1. The Balaban J connectivity index is 1.47. The van der Waals surface area contributed by atoms with Gasteiger partial charge in [0.15, 0.2) is 0 Å². The number of halogens is 1. The number of carbonyl (C=O) groups excluding carboxylic acids is 2. The second-order valence-corrected chi connectivity index (χ2v) is 8.73. The predicted octanol–water partition coefficient (Wildman–Crippen LogP) is 3.68. The van der Waals surface area contributed by atoms with Gasteiger partial charge in [0.2, 0.25) is 0 Å². The molecule has 0 spiro atoms. The van der Waals surface area contributed by atoms with Gasteiger partial charge in [-0.05, 0) is 48.4 Å². The maximum absolute atomic E-state index is 13.1. The lowest BCUT2D eigenvalue weighted by Crippen LogP contribution is -2.51. The van der Waals surface area contributed by atoms with Crippen molar-refractivity contribution in [1.29, 1.82) is 0 Å². The minimum Gasteiger partial charge on any atom is -0.468 e. The average molecular weight is 480 g/mol. The topological polar surface area (TPSA) is 82.7 Å². The zero-order valence-corrected chi connectivity index (χ0v) is 19.8. The minimum absolute atomic E-state index is 0.104. The third-order valence-corrected chi connectivity index (χ3v) is 6.30. The van der Waals surface area contributed by atoms with Crippen molar-refractivity contribution in [2.24, 2.45) is 0 Å². The monoisotopic (exact) mass is 479 g/mol. The first-order valence-electron chi connectivity index (χ1n) is 11.0. The van der Waals surface area contributed by atoms with Crippen LogP contribution in [0.4, 0.5) is 0 Å². The number of hydrogen-bond acceptors (Lipinski definition) is 5. The molecule has 1 aromatic heterocycles. The summed E-state index contributed by atoms with van der Waals surface area (Å²) in [7, 11) is 1.36. The summed E-state index contributed by atoms with van der Waals surface area (Å²) in [5, 5.41) is 0.585. The smallest absolute Gasteiger partial charge is 0.327 e. The molecule has 0 saturated carbocycles. The van der Waals surface area contributed by atoms with Gasteiger partial charge in [-0.2, -0.15) is 0 Å². The second kappa shape index (κ2) is 10.2. The molecule has 1 fully saturated rings. The molecule has 176 valence electrons. The van der Waals surface area contributed by atoms with Crippen molar-refractivity contribution >= 4 is 23.5 Å². The third kappa shape index (κ3) is 5.05. The number of carbonyl (C=O) groups is 2. The molecule has 3 aromatic rings. The highest BCUT2D eigenvalue weighted by atomic mass is 35.5. The molecular formula is C26H26ClN3O4. The molecule has 1 unspecified atom stereocenters. The minimum atomic E-state index is -0.587. The van der Waals surface area contributed by atoms with E-state index in [0.29, 0.717) is 36.9 Å². The number of H-pyrrole nitrogens is 1. The van der Waals surface area contributed by atoms with Crippen LogP contribution < -0.4 is 5.56 Å². The first kappa shape index (κ1) is 23.7. The molecule has 0 radical (unpaired) electrons. The number of nitrogens with one attached hydrogen (secondary N) is 1. The Morgan fingerprint density at radius 2 is 1.71 bits per heavy atom. The summed E-state index contributed by atoms with van der Waals surface area (Å²) in [4.78, 5) is 44.8. The van der Waals surface area contributed by atoms with E-state index in [1.54, 1.807) is 41.3 Å². The molecule has 0 bridgehead atoms. The van der Waals surface area contributed by atoms with Gasteiger partial charge in [-0.25, -0.2) is 4.79 Å². The molecule has 1 amide bonds. The molecule has 0 aliphatic carbocycles. The van der Waals surface area contributed by atoms with Crippen molar-refractivity contribution in [3.63, 3.8) is 0 Å². The van der Waals surface area contributed by atoms with E-state index in [4.69, 9.17) is 16.3 Å². The van der Waals surface area contributed by atoms with Crippen molar-refractivity contribution < 1.29 is 14.3 Å². The predicted molar refractivity (Wildman–Crippen MR) is 131 cm³/mol. The van der Waals surface area contributed by atoms with E-state index in [1.807, 2.05) is 36.1 Å². The van der Waals surface area contributed by atoms with E-state index in [2.05, 4.69) is 4.98 Å². The molecule has 34 heavy (non-hydrogen) atoms. The van der Waals surface area contributed by atoms with Gasteiger partial charge in [-0.1, -0.05) is 47.5 Å². The Morgan fingerprint density at radius 3 is 2.32 bits per heavy atom. The van der Waals surface area contributed by atoms with Gasteiger partial charge >= 0.3 is 5.97 Å². The van der Waals surface area contributed by atoms with E-state index < -0.39 is 11.6 Å². The van der Waals surface area contributed by atoms with Crippen molar-refractivity contribution in [3.05, 3.63) is 92.7 Å². The van der Waals surface area contributed by atoms with Crippen LogP contribution in [0.25, 0.3) is 11.3 Å². The molecule has 7 nitrogen and oxygen atoms in total. The van der Waals surface area contributed by atoms with Gasteiger partial charge in [-0.15, -0.1) is 0 Å². The highest BCUT2D eigenvalue weighted by molar-refractivity contribution is 6.30. The van der Waals surface area contributed by atoms with Crippen molar-refractivity contribution in [1.82, 2.24) is 14.8 Å². The number of piperazine rings is 1. The number of rotatable bonds is 5. The van der Waals surface area contributed by atoms with Gasteiger partial charge in [0.1, 0.15) is 11.6 Å². The number of nitrogens with zero attached hydrogens (tertiary/aromatic N) is 2. The van der Waals surface area contributed by atoms with Crippen LogP contribution in [0.3, 0.4) is 0 Å². The number of methoxy groups -OCH3 is 1. The Bertz CT molecular complexity index is 1250. The van der Waals surface area contributed by atoms with Crippen LogP contribution >= 0.6 is 11.6 Å². The summed E-state index contributed by atoms with van der Waals surface area (Å²) in [6, 6.07) is 17.6. The van der Waals surface area contributed by atoms with Crippen LogP contribution in [-0.2, 0) is 9.53 Å². The summed E-state index contributed by atoms with van der Waals surface area (Å²) < 4.78 is 5.02. The second-order valence-electron chi connectivity index (χ2n) is 8.29. The quantitative estimate of drug-likeness (QED) is 0.564.